The van der Waals surface area contributed by atoms with Gasteiger partial charge in [0, 0.05) is 36.0 Å². The number of para-hydroxylation sites is 2. The third-order valence-corrected chi connectivity index (χ3v) is 11.9. The molecule has 404 valence electrons. The van der Waals surface area contributed by atoms with Crippen LogP contribution in [0.5, 0.6) is 11.5 Å². The Morgan fingerprint density at radius 2 is 1.24 bits per heavy atom. The van der Waals surface area contributed by atoms with Gasteiger partial charge in [-0.1, -0.05) is 88.1 Å². The van der Waals surface area contributed by atoms with Crippen LogP contribution >= 0.6 is 0 Å². The van der Waals surface area contributed by atoms with Crippen LogP contribution in [0, 0.1) is 0 Å². The highest BCUT2D eigenvalue weighted by molar-refractivity contribution is 7.81. The van der Waals surface area contributed by atoms with Gasteiger partial charge in [0.15, 0.2) is 0 Å². The van der Waals surface area contributed by atoms with E-state index in [9.17, 15) is 47.1 Å². The molecule has 0 fully saturated rings. The number of aromatic nitrogens is 1. The number of rotatable bonds is 30. The summed E-state index contributed by atoms with van der Waals surface area (Å²) in [6, 6.07) is 16.1. The maximum Gasteiger partial charge on any atom is 0.446 e. The van der Waals surface area contributed by atoms with E-state index in [1.54, 1.807) is 27.0 Å². The first-order valence-corrected chi connectivity index (χ1v) is 26.1. The number of nitrogens with one attached hydrogen (secondary N) is 7. The second-order valence-corrected chi connectivity index (χ2v) is 20.0. The van der Waals surface area contributed by atoms with Crippen molar-refractivity contribution in [2.24, 2.45) is 0 Å². The number of hydrogen-bond donors (Lipinski definition) is 9. The Bertz CT molecular complexity index is 2600. The topological polar surface area (TPSA) is 310 Å². The molecule has 3 aromatic carbocycles. The first kappa shape index (κ1) is 59.4. The Kier molecular flexibility index (Phi) is 23.2. The Morgan fingerprint density at radius 1 is 0.662 bits per heavy atom. The SMILES string of the molecule is CCCC[C@H](NC(=O)[C@H](Cc1ccc(OS(=O)(=O)O)cc1)NC(=O)OC(C)(C)C)C(=O)NCC(=O)N[C@H](Cc1c[nH]c2ccccc12)C(=O)N[C@@H](CCCC)C(=O)N[C@@H](CCC(C)Oc1ccccc1)CC(=O)O. The molecule has 0 spiro atoms. The second-order valence-electron chi connectivity index (χ2n) is 19.0. The second kappa shape index (κ2) is 28.9. The van der Waals surface area contributed by atoms with E-state index >= 15 is 0 Å². The average Bonchev–Trinajstić information content (AvgIpc) is 3.74. The van der Waals surface area contributed by atoms with Crippen molar-refractivity contribution < 1.29 is 65.3 Å². The first-order valence-electron chi connectivity index (χ1n) is 24.7. The van der Waals surface area contributed by atoms with Crippen molar-refractivity contribution in [2.45, 2.75) is 154 Å². The molecule has 74 heavy (non-hydrogen) atoms. The molecule has 4 rings (SSSR count). The Labute approximate surface area is 432 Å². The van der Waals surface area contributed by atoms with Crippen LogP contribution in [-0.4, -0.2) is 113 Å². The predicted octanol–water partition coefficient (Wildman–Crippen LogP) is 5.19. The van der Waals surface area contributed by atoms with Crippen LogP contribution in [0.25, 0.3) is 10.9 Å². The summed E-state index contributed by atoms with van der Waals surface area (Å²) in [4.78, 5) is 97.8. The van der Waals surface area contributed by atoms with Gasteiger partial charge in [0.1, 0.15) is 41.3 Å². The van der Waals surface area contributed by atoms with Crippen LogP contribution in [0.1, 0.15) is 110 Å². The molecule has 0 saturated heterocycles. The van der Waals surface area contributed by atoms with E-state index in [0.717, 1.165) is 10.9 Å². The van der Waals surface area contributed by atoms with Crippen LogP contribution < -0.4 is 40.8 Å². The van der Waals surface area contributed by atoms with Crippen molar-refractivity contribution in [3.8, 4) is 11.5 Å². The zero-order chi connectivity index (χ0) is 54.4. The molecule has 0 bridgehead atoms. The first-order chi connectivity index (χ1) is 35.0. The number of aliphatic carboxylic acids is 1. The van der Waals surface area contributed by atoms with E-state index in [4.69, 9.17) is 14.0 Å². The molecule has 0 aliphatic carbocycles. The van der Waals surface area contributed by atoms with Crippen molar-refractivity contribution in [1.29, 1.82) is 0 Å². The number of aromatic amines is 1. The number of H-pyrrole nitrogens is 1. The number of amides is 6. The van der Waals surface area contributed by atoms with Gasteiger partial charge in [-0.15, -0.1) is 0 Å². The predicted molar refractivity (Wildman–Crippen MR) is 275 cm³/mol. The summed E-state index contributed by atoms with van der Waals surface area (Å²) in [5.41, 5.74) is 0.944. The number of carboxylic acids is 1. The van der Waals surface area contributed by atoms with Gasteiger partial charge in [0.2, 0.25) is 29.5 Å². The highest BCUT2D eigenvalue weighted by Gasteiger charge is 2.32. The summed E-state index contributed by atoms with van der Waals surface area (Å²) in [5.74, 6) is -4.27. The third-order valence-electron chi connectivity index (χ3n) is 11.5. The van der Waals surface area contributed by atoms with Gasteiger partial charge in [-0.2, -0.15) is 8.42 Å². The van der Waals surface area contributed by atoms with Crippen LogP contribution in [-0.2, 0) is 56.7 Å². The molecule has 0 aliphatic rings. The highest BCUT2D eigenvalue weighted by atomic mass is 32.3. The maximum absolute atomic E-state index is 14.3. The molecule has 1 aromatic heterocycles. The summed E-state index contributed by atoms with van der Waals surface area (Å²) in [7, 11) is -4.80. The van der Waals surface area contributed by atoms with Gasteiger partial charge in [0.25, 0.3) is 0 Å². The van der Waals surface area contributed by atoms with E-state index in [1.165, 1.54) is 24.3 Å². The zero-order valence-corrected chi connectivity index (χ0v) is 43.6. The average molecular weight is 1050 g/mol. The molecular weight excluding hydrogens is 979 g/mol. The molecule has 0 aliphatic heterocycles. The molecular formula is C52H71N7O14S. The molecule has 21 nitrogen and oxygen atoms in total. The number of alkyl carbamates (subject to hydrolysis) is 1. The summed E-state index contributed by atoms with van der Waals surface area (Å²) in [5, 5.41) is 26.6. The van der Waals surface area contributed by atoms with Crippen LogP contribution in [0.3, 0.4) is 0 Å². The molecule has 0 radical (unpaired) electrons. The fraction of sp³-hybridized carbons (Fsp3) is 0.481. The van der Waals surface area contributed by atoms with E-state index in [2.05, 4.69) is 41.1 Å². The van der Waals surface area contributed by atoms with Gasteiger partial charge < -0.3 is 55.6 Å². The molecule has 6 atom stereocenters. The van der Waals surface area contributed by atoms with Crippen molar-refractivity contribution in [1.82, 2.24) is 36.9 Å². The summed E-state index contributed by atoms with van der Waals surface area (Å²) in [6.45, 7) is 9.90. The lowest BCUT2D eigenvalue weighted by molar-refractivity contribution is -0.138. The number of hydrogen-bond acceptors (Lipinski definition) is 12. The number of benzene rings is 3. The highest BCUT2D eigenvalue weighted by Crippen LogP contribution is 2.21. The van der Waals surface area contributed by atoms with Gasteiger partial charge >= 0.3 is 22.5 Å². The van der Waals surface area contributed by atoms with E-state index in [0.29, 0.717) is 49.0 Å². The van der Waals surface area contributed by atoms with Crippen LogP contribution in [0.15, 0.2) is 85.1 Å². The van der Waals surface area contributed by atoms with Crippen LogP contribution in [0.2, 0.25) is 0 Å². The number of fused-ring (bicyclic) bond motifs is 1. The van der Waals surface area contributed by atoms with E-state index < -0.39 is 94.4 Å². The van der Waals surface area contributed by atoms with Crippen molar-refractivity contribution in [2.75, 3.05) is 6.54 Å². The van der Waals surface area contributed by atoms with E-state index in [-0.39, 0.29) is 50.4 Å². The minimum atomic E-state index is -4.80. The van der Waals surface area contributed by atoms with Gasteiger partial charge in [0.05, 0.1) is 19.1 Å². The standard InChI is InChI=1S/C52H71N7O14S/c1-7-9-19-41(57-49(65)43(59-51(67)72-52(4,5)6)28-34-23-26-38(27-24-34)73-74(68,69)70)47(63)54-32-45(60)56-44(29-35-31-53-40-21-15-14-18-39(35)40)50(66)58-42(20-10-8-2)48(64)55-36(30-46(61)62)25-22-33(3)71-37-16-12-11-13-17-37/h11-18,21,23-24,26-27,31,33,36,41-44,53H,7-10,19-20,22,25,28-30,32H2,1-6H3,(H,54,63)(H,55,64)(H,56,60)(H,57,65)(H,58,66)(H,59,67)(H,61,62)(H,68,69,70)/t33?,36-,41-,42-,43-,44+/m0/s1. The Morgan fingerprint density at radius 3 is 1.84 bits per heavy atom. The lowest BCUT2D eigenvalue weighted by Crippen LogP contribution is -2.57. The number of ether oxygens (including phenoxy) is 2. The van der Waals surface area contributed by atoms with Crippen LogP contribution in [0.4, 0.5) is 4.79 Å². The third kappa shape index (κ3) is 21.5. The quantitative estimate of drug-likeness (QED) is 0.0304. The Balaban J connectivity index is 1.50. The summed E-state index contributed by atoms with van der Waals surface area (Å²) in [6.07, 6.45) is 3.26. The van der Waals surface area contributed by atoms with Gasteiger partial charge in [-0.25, -0.2) is 4.79 Å². The fourth-order valence-corrected chi connectivity index (χ4v) is 8.18. The lowest BCUT2D eigenvalue weighted by Gasteiger charge is -2.26. The minimum Gasteiger partial charge on any atom is -0.491 e. The van der Waals surface area contributed by atoms with E-state index in [1.807, 2.05) is 75.4 Å². The lowest BCUT2D eigenvalue weighted by atomic mass is 10.0. The largest absolute Gasteiger partial charge is 0.491 e. The summed E-state index contributed by atoms with van der Waals surface area (Å²) >= 11 is 0. The Hall–Kier alpha value is -7.20. The maximum atomic E-state index is 14.3. The molecule has 9 N–H and O–H groups in total. The monoisotopic (exact) mass is 1050 g/mol. The molecule has 0 saturated carbocycles. The molecule has 6 amide bonds. The minimum absolute atomic E-state index is 0.0316. The summed E-state index contributed by atoms with van der Waals surface area (Å²) < 4.78 is 47.2. The molecule has 1 unspecified atom stereocenters. The number of carboxylic acid groups (broad SMARTS) is 1. The van der Waals surface area contributed by atoms with Gasteiger partial charge in [-0.3, -0.25) is 33.3 Å². The zero-order valence-electron chi connectivity index (χ0n) is 42.7. The van der Waals surface area contributed by atoms with Crippen molar-refractivity contribution in [3.05, 3.63) is 96.2 Å². The smallest absolute Gasteiger partial charge is 0.446 e. The van der Waals surface area contributed by atoms with Crippen molar-refractivity contribution in [3.63, 3.8) is 0 Å². The fourth-order valence-electron chi connectivity index (χ4n) is 7.83. The number of carbonyl (C=O) groups is 7. The molecule has 1 heterocycles. The number of unbranched alkanes of at least 4 members (excludes halogenated alkanes) is 2. The van der Waals surface area contributed by atoms with Gasteiger partial charge in [-0.05, 0) is 94.8 Å². The van der Waals surface area contributed by atoms with Crippen molar-refractivity contribution >= 4 is 62.9 Å². The normalized spacial score (nSPS) is 13.9. The number of carbonyl (C=O) groups excluding carboxylic acids is 6. The molecule has 4 aromatic rings. The molecule has 22 heteroatoms.